The van der Waals surface area contributed by atoms with Crippen LogP contribution in [0, 0.1) is 40.4 Å². The molecule has 0 aliphatic heterocycles. The monoisotopic (exact) mass is 604 g/mol. The minimum absolute atomic E-state index is 0.00296. The molecule has 6 atom stereocenters. The van der Waals surface area contributed by atoms with E-state index in [1.54, 1.807) is 11.8 Å². The SMILES string of the molecule is CSCCC1(NC(=O)N[C@H](C(=O)C2CC3[C@@H]([C@H]2C(=O)NC(CC2CC2)C(=O)C(N)=O)C3(C)C)C(C)(C)C)CCCCC1. The van der Waals surface area contributed by atoms with Gasteiger partial charge in [0.2, 0.25) is 11.7 Å². The number of rotatable bonds is 13. The molecule has 4 saturated carbocycles. The third-order valence-corrected chi connectivity index (χ3v) is 11.3. The van der Waals surface area contributed by atoms with Crippen molar-refractivity contribution in [1.82, 2.24) is 16.0 Å². The van der Waals surface area contributed by atoms with Gasteiger partial charge in [-0.25, -0.2) is 4.79 Å². The minimum Gasteiger partial charge on any atom is -0.363 e. The van der Waals surface area contributed by atoms with Gasteiger partial charge in [0, 0.05) is 11.5 Å². The number of nitrogens with one attached hydrogen (secondary N) is 3. The first-order chi connectivity index (χ1) is 19.6. The molecule has 5 N–H and O–H groups in total. The highest BCUT2D eigenvalue weighted by atomic mass is 32.2. The highest BCUT2D eigenvalue weighted by Crippen LogP contribution is 2.71. The number of amides is 4. The van der Waals surface area contributed by atoms with Crippen molar-refractivity contribution in [3.05, 3.63) is 0 Å². The van der Waals surface area contributed by atoms with E-state index in [4.69, 9.17) is 5.73 Å². The zero-order valence-corrected chi connectivity index (χ0v) is 27.2. The Kier molecular flexibility index (Phi) is 9.75. The van der Waals surface area contributed by atoms with Crippen molar-refractivity contribution in [2.75, 3.05) is 12.0 Å². The third kappa shape index (κ3) is 7.16. The van der Waals surface area contributed by atoms with Crippen LogP contribution in [-0.4, -0.2) is 59.0 Å². The maximum atomic E-state index is 14.3. The number of carbonyl (C=O) groups excluding carboxylic acids is 5. The molecule has 0 aromatic carbocycles. The molecule has 4 aliphatic carbocycles. The summed E-state index contributed by atoms with van der Waals surface area (Å²) in [7, 11) is 0. The molecule has 4 amide bonds. The summed E-state index contributed by atoms with van der Waals surface area (Å²) in [6.45, 7) is 10.0. The van der Waals surface area contributed by atoms with Gasteiger partial charge in [-0.05, 0) is 72.7 Å². The Morgan fingerprint density at radius 3 is 2.19 bits per heavy atom. The average molecular weight is 605 g/mol. The van der Waals surface area contributed by atoms with Crippen molar-refractivity contribution in [2.24, 2.45) is 46.2 Å². The Balaban J connectivity index is 1.52. The maximum Gasteiger partial charge on any atom is 0.315 e. The number of thioether (sulfide) groups is 1. The van der Waals surface area contributed by atoms with Crippen LogP contribution in [0.1, 0.15) is 98.8 Å². The van der Waals surface area contributed by atoms with Gasteiger partial charge >= 0.3 is 6.03 Å². The summed E-state index contributed by atoms with van der Waals surface area (Å²) in [6.07, 6.45) is 11.0. The van der Waals surface area contributed by atoms with Gasteiger partial charge in [0.1, 0.15) is 0 Å². The van der Waals surface area contributed by atoms with E-state index >= 15 is 0 Å². The zero-order chi connectivity index (χ0) is 31.0. The van der Waals surface area contributed by atoms with E-state index in [0.717, 1.165) is 50.7 Å². The van der Waals surface area contributed by atoms with Crippen LogP contribution in [0.4, 0.5) is 4.79 Å². The summed E-state index contributed by atoms with van der Waals surface area (Å²) < 4.78 is 0. The predicted molar refractivity (Wildman–Crippen MR) is 165 cm³/mol. The zero-order valence-electron chi connectivity index (χ0n) is 26.3. The van der Waals surface area contributed by atoms with E-state index in [0.29, 0.717) is 18.8 Å². The standard InChI is InChI=1S/C32H52N4O5S/c1-30(2,3)26(35-29(41)36-32(14-15-42-6)12-8-7-9-13-32)24(37)19-17-20-23(31(20,4)5)22(19)28(40)34-21(16-18-10-11-18)25(38)27(33)39/h18-23,26H,7-17H2,1-6H3,(H2,33,39)(H,34,40)(H2,35,36,41)/t19?,20?,21?,22-,23-,26+/m0/s1. The van der Waals surface area contributed by atoms with Crippen LogP contribution in [0.2, 0.25) is 0 Å². The molecule has 0 aromatic rings. The van der Waals surface area contributed by atoms with Gasteiger partial charge in [0.25, 0.3) is 5.91 Å². The molecule has 4 aliphatic rings. The maximum absolute atomic E-state index is 14.3. The lowest BCUT2D eigenvalue weighted by Gasteiger charge is -2.40. The summed E-state index contributed by atoms with van der Waals surface area (Å²) >= 11 is 1.77. The Morgan fingerprint density at radius 2 is 1.64 bits per heavy atom. The Labute approximate surface area is 255 Å². The lowest BCUT2D eigenvalue weighted by Crippen LogP contribution is -2.60. The van der Waals surface area contributed by atoms with Crippen molar-refractivity contribution >= 4 is 41.2 Å². The number of ketones is 2. The minimum atomic E-state index is -1.05. The van der Waals surface area contributed by atoms with Crippen molar-refractivity contribution in [3.63, 3.8) is 0 Å². The Bertz CT molecular complexity index is 1080. The first-order valence-electron chi connectivity index (χ1n) is 15.9. The molecule has 0 heterocycles. The van der Waals surface area contributed by atoms with E-state index in [1.807, 2.05) is 20.8 Å². The molecule has 4 fully saturated rings. The molecule has 236 valence electrons. The van der Waals surface area contributed by atoms with Crippen LogP contribution < -0.4 is 21.7 Å². The van der Waals surface area contributed by atoms with E-state index < -0.39 is 41.0 Å². The van der Waals surface area contributed by atoms with Gasteiger partial charge in [-0.3, -0.25) is 19.2 Å². The number of hydrogen-bond acceptors (Lipinski definition) is 6. The lowest BCUT2D eigenvalue weighted by molar-refractivity contribution is -0.141. The van der Waals surface area contributed by atoms with Gasteiger partial charge in [-0.15, -0.1) is 0 Å². The van der Waals surface area contributed by atoms with Crippen LogP contribution in [-0.2, 0) is 19.2 Å². The van der Waals surface area contributed by atoms with Crippen LogP contribution in [0.15, 0.2) is 0 Å². The molecule has 0 aromatic heterocycles. The first-order valence-corrected chi connectivity index (χ1v) is 17.3. The molecular formula is C32H52N4O5S. The van der Waals surface area contributed by atoms with Crippen LogP contribution in [0.3, 0.4) is 0 Å². The number of Topliss-reactive ketones (excluding diaryl/α,β-unsaturated/α-hetero) is 2. The Hall–Kier alpha value is -2.10. The number of primary amides is 1. The van der Waals surface area contributed by atoms with E-state index in [9.17, 15) is 24.0 Å². The van der Waals surface area contributed by atoms with E-state index in [1.165, 1.54) is 6.42 Å². The average Bonchev–Trinajstić information content (AvgIpc) is 3.76. The largest absolute Gasteiger partial charge is 0.363 e. The van der Waals surface area contributed by atoms with Crippen LogP contribution in [0.25, 0.3) is 0 Å². The smallest absolute Gasteiger partial charge is 0.315 e. The summed E-state index contributed by atoms with van der Waals surface area (Å²) in [6, 6.07) is -2.07. The summed E-state index contributed by atoms with van der Waals surface area (Å²) in [5.74, 6) is -2.08. The number of carbonyl (C=O) groups is 5. The van der Waals surface area contributed by atoms with Gasteiger partial charge in [0.05, 0.1) is 18.0 Å². The molecular weight excluding hydrogens is 552 g/mol. The highest BCUT2D eigenvalue weighted by molar-refractivity contribution is 7.98. The fraction of sp³-hybridized carbons (Fsp3) is 0.844. The molecule has 0 saturated heterocycles. The second-order valence-electron chi connectivity index (χ2n) is 15.2. The predicted octanol–water partition coefficient (Wildman–Crippen LogP) is 3.97. The first kappa shape index (κ1) is 32.8. The van der Waals surface area contributed by atoms with E-state index in [-0.39, 0.29) is 40.5 Å². The Morgan fingerprint density at radius 1 is 1.00 bits per heavy atom. The molecule has 10 heteroatoms. The topological polar surface area (TPSA) is 147 Å². The summed E-state index contributed by atoms with van der Waals surface area (Å²) in [5, 5.41) is 9.17. The molecule has 0 spiro atoms. The van der Waals surface area contributed by atoms with Crippen LogP contribution in [0.5, 0.6) is 0 Å². The fourth-order valence-electron chi connectivity index (χ4n) is 7.92. The molecule has 0 radical (unpaired) electrons. The lowest BCUT2D eigenvalue weighted by atomic mass is 9.74. The van der Waals surface area contributed by atoms with Crippen molar-refractivity contribution in [1.29, 1.82) is 0 Å². The molecule has 0 bridgehead atoms. The second-order valence-corrected chi connectivity index (χ2v) is 16.2. The van der Waals surface area contributed by atoms with Crippen LogP contribution >= 0.6 is 11.8 Å². The molecule has 42 heavy (non-hydrogen) atoms. The normalized spacial score (nSPS) is 29.0. The molecule has 4 rings (SSSR count). The number of fused-ring (bicyclic) bond motifs is 1. The van der Waals surface area contributed by atoms with E-state index in [2.05, 4.69) is 36.1 Å². The van der Waals surface area contributed by atoms with Crippen molar-refractivity contribution in [2.45, 2.75) is 116 Å². The van der Waals surface area contributed by atoms with Gasteiger partial charge in [-0.1, -0.05) is 66.7 Å². The fourth-order valence-corrected chi connectivity index (χ4v) is 8.51. The third-order valence-electron chi connectivity index (χ3n) is 10.7. The highest BCUT2D eigenvalue weighted by Gasteiger charge is 2.70. The number of urea groups is 1. The van der Waals surface area contributed by atoms with Crippen molar-refractivity contribution < 1.29 is 24.0 Å². The summed E-state index contributed by atoms with van der Waals surface area (Å²) in [5.41, 5.74) is 4.38. The molecule has 3 unspecified atom stereocenters. The second kappa shape index (κ2) is 12.5. The number of nitrogens with two attached hydrogens (primary N) is 1. The van der Waals surface area contributed by atoms with Gasteiger partial charge in [-0.2, -0.15) is 11.8 Å². The number of hydrogen-bond donors (Lipinski definition) is 4. The quantitative estimate of drug-likeness (QED) is 0.234. The van der Waals surface area contributed by atoms with Crippen molar-refractivity contribution in [3.8, 4) is 0 Å². The molecule has 9 nitrogen and oxygen atoms in total. The summed E-state index contributed by atoms with van der Waals surface area (Å²) in [4.78, 5) is 66.0. The van der Waals surface area contributed by atoms with Gasteiger partial charge in [0.15, 0.2) is 5.78 Å². The van der Waals surface area contributed by atoms with Gasteiger partial charge < -0.3 is 21.7 Å².